The van der Waals surface area contributed by atoms with Crippen molar-refractivity contribution < 1.29 is 4.79 Å². The Morgan fingerprint density at radius 2 is 2.47 bits per heavy atom. The predicted octanol–water partition coefficient (Wildman–Crippen LogP) is 1.18. The molecule has 0 radical (unpaired) electrons. The maximum absolute atomic E-state index is 11.9. The summed E-state index contributed by atoms with van der Waals surface area (Å²) in [6, 6.07) is 1.74. The Morgan fingerprint density at radius 1 is 1.58 bits per heavy atom. The van der Waals surface area contributed by atoms with Gasteiger partial charge < -0.3 is 5.32 Å². The first-order valence-corrected chi connectivity index (χ1v) is 6.85. The number of carbonyl (C=O) groups excluding carboxylic acids is 1. The molecule has 0 saturated heterocycles. The second-order valence-corrected chi connectivity index (χ2v) is 5.33. The molecule has 1 aliphatic heterocycles. The van der Waals surface area contributed by atoms with Crippen LogP contribution >= 0.6 is 11.5 Å². The number of rotatable bonds is 2. The molecule has 0 bridgehead atoms. The first-order valence-electron chi connectivity index (χ1n) is 6.08. The Morgan fingerprint density at radius 3 is 3.26 bits per heavy atom. The number of nitrogens with zero attached hydrogens (tertiary/aromatic N) is 4. The number of urea groups is 1. The molecule has 3 rings (SSSR count). The van der Waals surface area contributed by atoms with Crippen molar-refractivity contribution in [1.29, 1.82) is 0 Å². The largest absolute Gasteiger partial charge is 0.333 e. The van der Waals surface area contributed by atoms with Gasteiger partial charge in [-0.1, -0.05) is 0 Å². The number of nitrogens with one attached hydrogen (secondary N) is 2. The van der Waals surface area contributed by atoms with Gasteiger partial charge in [-0.15, -0.1) is 0 Å². The van der Waals surface area contributed by atoms with Crippen LogP contribution in [0.15, 0.2) is 12.4 Å². The van der Waals surface area contributed by atoms with Crippen LogP contribution in [0, 0.1) is 6.92 Å². The van der Waals surface area contributed by atoms with Gasteiger partial charge in [-0.25, -0.2) is 14.5 Å². The fourth-order valence-corrected chi connectivity index (χ4v) is 2.77. The maximum atomic E-state index is 11.9. The average Bonchev–Trinajstić information content (AvgIpc) is 2.97. The topological polar surface area (TPSA) is 84.7 Å². The fourth-order valence-electron chi connectivity index (χ4n) is 2.11. The van der Waals surface area contributed by atoms with Crippen LogP contribution in [0.25, 0.3) is 0 Å². The summed E-state index contributed by atoms with van der Waals surface area (Å²) in [5, 5.41) is 10.6. The zero-order valence-corrected chi connectivity index (χ0v) is 11.3. The van der Waals surface area contributed by atoms with Gasteiger partial charge in [0.25, 0.3) is 0 Å². The van der Waals surface area contributed by atoms with E-state index in [4.69, 9.17) is 0 Å². The van der Waals surface area contributed by atoms with E-state index in [9.17, 15) is 4.79 Å². The van der Waals surface area contributed by atoms with E-state index in [1.54, 1.807) is 6.33 Å². The van der Waals surface area contributed by atoms with Gasteiger partial charge in [0.05, 0.1) is 18.3 Å². The molecule has 0 spiro atoms. The lowest BCUT2D eigenvalue weighted by atomic mass is 10.1. The van der Waals surface area contributed by atoms with E-state index in [0.717, 1.165) is 29.4 Å². The van der Waals surface area contributed by atoms with Gasteiger partial charge in [-0.05, 0) is 30.9 Å². The van der Waals surface area contributed by atoms with Crippen LogP contribution in [0.5, 0.6) is 0 Å². The smallest absolute Gasteiger partial charge is 0.320 e. The van der Waals surface area contributed by atoms with E-state index in [1.807, 2.05) is 17.7 Å². The first kappa shape index (κ1) is 12.1. The van der Waals surface area contributed by atoms with Crippen LogP contribution in [0.4, 0.5) is 9.80 Å². The predicted molar refractivity (Wildman–Crippen MR) is 71.1 cm³/mol. The normalized spacial score (nSPS) is 17.8. The summed E-state index contributed by atoms with van der Waals surface area (Å²) in [6.45, 7) is 2.57. The summed E-state index contributed by atoms with van der Waals surface area (Å²) < 4.78 is 5.95. The quantitative estimate of drug-likeness (QED) is 0.864. The van der Waals surface area contributed by atoms with Crippen molar-refractivity contribution in [3.63, 3.8) is 0 Å². The van der Waals surface area contributed by atoms with Crippen molar-refractivity contribution in [3.05, 3.63) is 23.9 Å². The number of amides is 2. The maximum Gasteiger partial charge on any atom is 0.320 e. The minimum atomic E-state index is -0.197. The summed E-state index contributed by atoms with van der Waals surface area (Å²) in [7, 11) is 0. The molecule has 100 valence electrons. The van der Waals surface area contributed by atoms with Crippen LogP contribution in [0.1, 0.15) is 17.9 Å². The molecule has 2 aromatic heterocycles. The number of carbonyl (C=O) groups is 1. The number of hydrogen-bond acceptors (Lipinski definition) is 5. The lowest BCUT2D eigenvalue weighted by Gasteiger charge is -2.23. The van der Waals surface area contributed by atoms with Crippen molar-refractivity contribution in [1.82, 2.24) is 24.5 Å². The van der Waals surface area contributed by atoms with Crippen molar-refractivity contribution in [2.75, 3.05) is 5.32 Å². The molecule has 1 atom stereocenters. The lowest BCUT2D eigenvalue weighted by molar-refractivity contribution is 0.243. The van der Waals surface area contributed by atoms with Crippen LogP contribution < -0.4 is 10.6 Å². The van der Waals surface area contributed by atoms with Crippen LogP contribution in [-0.4, -0.2) is 31.2 Å². The third-order valence-corrected chi connectivity index (χ3v) is 3.80. The zero-order chi connectivity index (χ0) is 13.2. The summed E-state index contributed by atoms with van der Waals surface area (Å²) in [5.74, 6) is 0.983. The SMILES string of the molecule is Cc1cc(NC(=O)NC2CCc3ncnn3C2)sn1. The highest BCUT2D eigenvalue weighted by Gasteiger charge is 2.21. The van der Waals surface area contributed by atoms with E-state index >= 15 is 0 Å². The number of hydrogen-bond donors (Lipinski definition) is 2. The van der Waals surface area contributed by atoms with E-state index in [1.165, 1.54) is 11.5 Å². The van der Waals surface area contributed by atoms with Crippen molar-refractivity contribution in [2.24, 2.45) is 0 Å². The van der Waals surface area contributed by atoms with E-state index in [0.29, 0.717) is 6.54 Å². The summed E-state index contributed by atoms with van der Waals surface area (Å²) >= 11 is 1.28. The van der Waals surface area contributed by atoms with Crippen LogP contribution in [0.3, 0.4) is 0 Å². The van der Waals surface area contributed by atoms with Gasteiger partial charge in [0.15, 0.2) is 0 Å². The molecule has 8 heteroatoms. The molecular formula is C11H14N6OS. The molecule has 0 aliphatic carbocycles. The molecule has 1 unspecified atom stereocenters. The van der Waals surface area contributed by atoms with Crippen molar-refractivity contribution in [2.45, 2.75) is 32.4 Å². The van der Waals surface area contributed by atoms with Gasteiger partial charge in [-0.3, -0.25) is 5.32 Å². The Labute approximate surface area is 114 Å². The Hall–Kier alpha value is -1.96. The second-order valence-electron chi connectivity index (χ2n) is 4.52. The lowest BCUT2D eigenvalue weighted by Crippen LogP contribution is -2.43. The third-order valence-electron chi connectivity index (χ3n) is 3.01. The third kappa shape index (κ3) is 2.73. The average molecular weight is 278 g/mol. The number of fused-ring (bicyclic) bond motifs is 1. The zero-order valence-electron chi connectivity index (χ0n) is 10.5. The molecule has 1 aliphatic rings. The van der Waals surface area contributed by atoms with Crippen molar-refractivity contribution >= 4 is 22.6 Å². The van der Waals surface area contributed by atoms with Crippen LogP contribution in [-0.2, 0) is 13.0 Å². The molecule has 2 N–H and O–H groups in total. The van der Waals surface area contributed by atoms with Gasteiger partial charge in [0, 0.05) is 6.42 Å². The molecule has 2 aromatic rings. The Kier molecular flexibility index (Phi) is 3.16. The van der Waals surface area contributed by atoms with Gasteiger partial charge in [0.2, 0.25) is 0 Å². The molecule has 7 nitrogen and oxygen atoms in total. The first-order chi connectivity index (χ1) is 9.20. The summed E-state index contributed by atoms with van der Waals surface area (Å²) in [5.41, 5.74) is 0.908. The van der Waals surface area contributed by atoms with Crippen molar-refractivity contribution in [3.8, 4) is 0 Å². The number of aryl methyl sites for hydroxylation is 2. The summed E-state index contributed by atoms with van der Waals surface area (Å²) in [6.07, 6.45) is 3.27. The number of aromatic nitrogens is 4. The van der Waals surface area contributed by atoms with Gasteiger partial charge in [-0.2, -0.15) is 9.47 Å². The monoisotopic (exact) mass is 278 g/mol. The molecular weight excluding hydrogens is 264 g/mol. The summed E-state index contributed by atoms with van der Waals surface area (Å²) in [4.78, 5) is 16.0. The fraction of sp³-hybridized carbons (Fsp3) is 0.455. The second kappa shape index (κ2) is 4.96. The van der Waals surface area contributed by atoms with E-state index in [2.05, 4.69) is 25.1 Å². The van der Waals surface area contributed by atoms with Crippen LogP contribution in [0.2, 0.25) is 0 Å². The minimum absolute atomic E-state index is 0.0863. The highest BCUT2D eigenvalue weighted by molar-refractivity contribution is 7.10. The van der Waals surface area contributed by atoms with E-state index in [-0.39, 0.29) is 12.1 Å². The van der Waals surface area contributed by atoms with Gasteiger partial charge in [0.1, 0.15) is 17.2 Å². The highest BCUT2D eigenvalue weighted by atomic mass is 32.1. The minimum Gasteiger partial charge on any atom is -0.333 e. The molecule has 2 amide bonds. The standard InChI is InChI=1S/C11H14N6OS/c1-7-4-10(19-16-7)15-11(18)14-8-2-3-9-12-6-13-17(9)5-8/h4,6,8H,2-3,5H2,1H3,(H2,14,15,18). The van der Waals surface area contributed by atoms with E-state index < -0.39 is 0 Å². The molecule has 0 saturated carbocycles. The number of anilines is 1. The molecule has 0 fully saturated rings. The molecule has 0 aromatic carbocycles. The van der Waals surface area contributed by atoms with Gasteiger partial charge >= 0.3 is 6.03 Å². The Balaban J connectivity index is 1.56. The Bertz CT molecular complexity index is 592. The molecule has 19 heavy (non-hydrogen) atoms. The molecule has 3 heterocycles. The highest BCUT2D eigenvalue weighted by Crippen LogP contribution is 2.16.